The molecule has 0 N–H and O–H groups in total. The molecule has 4 rings (SSSR count). The smallest absolute Gasteiger partial charge is 0.268 e. The molecule has 0 amide bonds. The number of thioether (sulfide) groups is 1. The molecular formula is C21H13F2N3O3S. The topological polar surface area (TPSA) is 78.0 Å². The molecule has 0 saturated carbocycles. The first-order chi connectivity index (χ1) is 14.4. The molecule has 6 nitrogen and oxygen atoms in total. The maximum Gasteiger partial charge on any atom is 0.269 e. The van der Waals surface area contributed by atoms with Crippen molar-refractivity contribution in [2.24, 2.45) is 0 Å². The van der Waals surface area contributed by atoms with Gasteiger partial charge in [0.1, 0.15) is 0 Å². The second-order valence-corrected chi connectivity index (χ2v) is 7.31. The fourth-order valence-electron chi connectivity index (χ4n) is 2.94. The van der Waals surface area contributed by atoms with Crippen LogP contribution in [0.2, 0.25) is 0 Å². The van der Waals surface area contributed by atoms with Crippen LogP contribution in [0.15, 0.2) is 76.7 Å². The summed E-state index contributed by atoms with van der Waals surface area (Å²) in [6.45, 7) is 0. The zero-order valence-electron chi connectivity index (χ0n) is 15.3. The number of para-hydroxylation sites is 1. The van der Waals surface area contributed by atoms with Gasteiger partial charge in [0.2, 0.25) is 0 Å². The highest BCUT2D eigenvalue weighted by Gasteiger charge is 2.15. The molecule has 0 aliphatic carbocycles. The Labute approximate surface area is 173 Å². The number of nitrogens with zero attached hydrogens (tertiary/aromatic N) is 3. The van der Waals surface area contributed by atoms with E-state index in [2.05, 4.69) is 4.98 Å². The second kappa shape index (κ2) is 8.03. The van der Waals surface area contributed by atoms with Crippen LogP contribution in [0.1, 0.15) is 5.56 Å². The van der Waals surface area contributed by atoms with Crippen molar-refractivity contribution in [2.75, 3.05) is 0 Å². The number of halogens is 2. The Morgan fingerprint density at radius 1 is 1.00 bits per heavy atom. The molecule has 9 heteroatoms. The van der Waals surface area contributed by atoms with Crippen LogP contribution in [0, 0.1) is 21.7 Å². The fraction of sp³-hybridized carbons (Fsp3) is 0.0476. The predicted molar refractivity (Wildman–Crippen MR) is 110 cm³/mol. The highest BCUT2D eigenvalue weighted by molar-refractivity contribution is 7.98. The number of rotatable bonds is 5. The van der Waals surface area contributed by atoms with Crippen LogP contribution in [0.4, 0.5) is 14.5 Å². The Kier molecular flexibility index (Phi) is 5.28. The van der Waals surface area contributed by atoms with Crippen molar-refractivity contribution in [1.82, 2.24) is 9.55 Å². The molecular weight excluding hydrogens is 412 g/mol. The van der Waals surface area contributed by atoms with Gasteiger partial charge in [-0.3, -0.25) is 19.5 Å². The maximum atomic E-state index is 13.5. The van der Waals surface area contributed by atoms with Gasteiger partial charge in [-0.25, -0.2) is 13.8 Å². The third kappa shape index (κ3) is 3.79. The lowest BCUT2D eigenvalue weighted by Crippen LogP contribution is -2.21. The molecule has 1 aromatic heterocycles. The van der Waals surface area contributed by atoms with Gasteiger partial charge in [-0.15, -0.1) is 0 Å². The summed E-state index contributed by atoms with van der Waals surface area (Å²) < 4.78 is 28.0. The number of fused-ring (bicyclic) bond motifs is 1. The number of benzene rings is 3. The Balaban J connectivity index is 1.80. The van der Waals surface area contributed by atoms with E-state index >= 15 is 0 Å². The van der Waals surface area contributed by atoms with E-state index in [1.807, 2.05) is 0 Å². The van der Waals surface area contributed by atoms with E-state index in [9.17, 15) is 23.7 Å². The first-order valence-corrected chi connectivity index (χ1v) is 9.76. The standard InChI is InChI=1S/C21H13F2N3O3S/c22-17-10-5-13(11-18(17)23)12-30-21-24-19-4-2-1-3-16(19)20(27)25(21)14-6-8-15(9-7-14)26(28)29/h1-11H,12H2. The third-order valence-corrected chi connectivity index (χ3v) is 5.43. The van der Waals surface area contributed by atoms with E-state index in [4.69, 9.17) is 0 Å². The average Bonchev–Trinajstić information content (AvgIpc) is 2.75. The van der Waals surface area contributed by atoms with E-state index in [0.29, 0.717) is 27.3 Å². The van der Waals surface area contributed by atoms with Crippen LogP contribution >= 0.6 is 11.8 Å². The summed E-state index contributed by atoms with van der Waals surface area (Å²) >= 11 is 1.18. The zero-order chi connectivity index (χ0) is 21.3. The first kappa shape index (κ1) is 19.7. The Bertz CT molecular complexity index is 1320. The van der Waals surface area contributed by atoms with E-state index in [1.165, 1.54) is 46.7 Å². The average molecular weight is 425 g/mol. The normalized spacial score (nSPS) is 11.0. The molecule has 3 aromatic carbocycles. The summed E-state index contributed by atoms with van der Waals surface area (Å²) in [6, 6.07) is 16.0. The molecule has 0 unspecified atom stereocenters. The van der Waals surface area contributed by atoms with Gasteiger partial charge in [-0.1, -0.05) is 30.0 Å². The van der Waals surface area contributed by atoms with Gasteiger partial charge >= 0.3 is 0 Å². The molecule has 150 valence electrons. The summed E-state index contributed by atoms with van der Waals surface area (Å²) in [6.07, 6.45) is 0. The largest absolute Gasteiger partial charge is 0.269 e. The number of hydrogen-bond donors (Lipinski definition) is 0. The highest BCUT2D eigenvalue weighted by Crippen LogP contribution is 2.26. The van der Waals surface area contributed by atoms with Gasteiger partial charge in [-0.05, 0) is 42.0 Å². The van der Waals surface area contributed by atoms with Gasteiger partial charge < -0.3 is 0 Å². The summed E-state index contributed by atoms with van der Waals surface area (Å²) in [5, 5.41) is 11.7. The Hall–Kier alpha value is -3.59. The molecule has 0 saturated heterocycles. The van der Waals surface area contributed by atoms with E-state index < -0.39 is 16.6 Å². The summed E-state index contributed by atoms with van der Waals surface area (Å²) in [4.78, 5) is 28.1. The number of nitro benzene ring substituents is 1. The van der Waals surface area contributed by atoms with Gasteiger partial charge in [-0.2, -0.15) is 0 Å². The van der Waals surface area contributed by atoms with Crippen molar-refractivity contribution in [3.63, 3.8) is 0 Å². The molecule has 0 radical (unpaired) electrons. The first-order valence-electron chi connectivity index (χ1n) is 8.77. The molecule has 0 aliphatic heterocycles. The minimum absolute atomic E-state index is 0.100. The van der Waals surface area contributed by atoms with E-state index in [1.54, 1.807) is 24.3 Å². The summed E-state index contributed by atoms with van der Waals surface area (Å²) in [7, 11) is 0. The number of nitro groups is 1. The summed E-state index contributed by atoms with van der Waals surface area (Å²) in [5.41, 5.74) is 1.00. The quantitative estimate of drug-likeness (QED) is 0.197. The number of aromatic nitrogens is 2. The minimum Gasteiger partial charge on any atom is -0.268 e. The van der Waals surface area contributed by atoms with Crippen molar-refractivity contribution in [2.45, 2.75) is 10.9 Å². The predicted octanol–water partition coefficient (Wildman–Crippen LogP) is 4.86. The van der Waals surface area contributed by atoms with Gasteiger partial charge in [0.05, 0.1) is 21.5 Å². The minimum atomic E-state index is -0.952. The van der Waals surface area contributed by atoms with Crippen molar-refractivity contribution in [1.29, 1.82) is 0 Å². The third-order valence-electron chi connectivity index (χ3n) is 4.42. The molecule has 0 aliphatic rings. The van der Waals surface area contributed by atoms with Crippen molar-refractivity contribution in [3.8, 4) is 5.69 Å². The molecule has 4 aromatic rings. The molecule has 0 atom stereocenters. The van der Waals surface area contributed by atoms with E-state index in [0.717, 1.165) is 12.1 Å². The molecule has 0 fully saturated rings. The van der Waals surface area contributed by atoms with Crippen molar-refractivity contribution in [3.05, 3.63) is 104 Å². The van der Waals surface area contributed by atoms with Crippen LogP contribution in [0.25, 0.3) is 16.6 Å². The molecule has 30 heavy (non-hydrogen) atoms. The van der Waals surface area contributed by atoms with Gasteiger partial charge in [0.25, 0.3) is 11.2 Å². The maximum absolute atomic E-state index is 13.5. The lowest BCUT2D eigenvalue weighted by molar-refractivity contribution is -0.384. The monoisotopic (exact) mass is 425 g/mol. The van der Waals surface area contributed by atoms with Gasteiger partial charge in [0.15, 0.2) is 16.8 Å². The molecule has 1 heterocycles. The molecule has 0 spiro atoms. The number of hydrogen-bond acceptors (Lipinski definition) is 5. The van der Waals surface area contributed by atoms with Crippen LogP contribution in [-0.2, 0) is 5.75 Å². The Morgan fingerprint density at radius 3 is 2.43 bits per heavy atom. The van der Waals surface area contributed by atoms with Crippen molar-refractivity contribution < 1.29 is 13.7 Å². The zero-order valence-corrected chi connectivity index (χ0v) is 16.1. The van der Waals surface area contributed by atoms with Crippen LogP contribution in [0.5, 0.6) is 0 Å². The van der Waals surface area contributed by atoms with Crippen LogP contribution in [0.3, 0.4) is 0 Å². The lowest BCUT2D eigenvalue weighted by Gasteiger charge is -2.13. The van der Waals surface area contributed by atoms with Crippen LogP contribution < -0.4 is 5.56 Å². The highest BCUT2D eigenvalue weighted by atomic mass is 32.2. The summed E-state index contributed by atoms with van der Waals surface area (Å²) in [5.74, 6) is -1.64. The van der Waals surface area contributed by atoms with Crippen LogP contribution in [-0.4, -0.2) is 14.5 Å². The van der Waals surface area contributed by atoms with Crippen molar-refractivity contribution >= 4 is 28.4 Å². The second-order valence-electron chi connectivity index (χ2n) is 6.36. The van der Waals surface area contributed by atoms with Gasteiger partial charge in [0, 0.05) is 17.9 Å². The SMILES string of the molecule is O=c1c2ccccc2nc(SCc2ccc(F)c(F)c2)n1-c1ccc([N+](=O)[O-])cc1. The number of non-ortho nitro benzene ring substituents is 1. The fourth-order valence-corrected chi connectivity index (χ4v) is 3.89. The lowest BCUT2D eigenvalue weighted by atomic mass is 10.2. The Morgan fingerprint density at radius 2 is 1.73 bits per heavy atom. The molecule has 0 bridgehead atoms. The van der Waals surface area contributed by atoms with E-state index in [-0.39, 0.29) is 17.0 Å².